The van der Waals surface area contributed by atoms with Crippen LogP contribution < -0.4 is 4.67 Å². The van der Waals surface area contributed by atoms with Crippen molar-refractivity contribution >= 4 is 68.1 Å². The summed E-state index contributed by atoms with van der Waals surface area (Å²) < 4.78 is 14.9. The fourth-order valence-corrected chi connectivity index (χ4v) is 7.73. The van der Waals surface area contributed by atoms with Gasteiger partial charge >= 0.3 is 0 Å². The van der Waals surface area contributed by atoms with Crippen molar-refractivity contribution in [2.45, 2.75) is 26.7 Å². The van der Waals surface area contributed by atoms with Crippen LogP contribution in [0.2, 0.25) is 0 Å². The van der Waals surface area contributed by atoms with E-state index in [4.69, 9.17) is 9.05 Å². The summed E-state index contributed by atoms with van der Waals surface area (Å²) in [5, 5.41) is 13.1. The zero-order valence-corrected chi connectivity index (χ0v) is 22.2. The fourth-order valence-electron chi connectivity index (χ4n) is 6.24. The molecule has 7 rings (SSSR count). The molecule has 0 radical (unpaired) electrons. The van der Waals surface area contributed by atoms with Gasteiger partial charge in [-0.25, -0.2) is 0 Å². The molecule has 1 aliphatic rings. The minimum atomic E-state index is -1.17. The molecule has 37 heavy (non-hydrogen) atoms. The van der Waals surface area contributed by atoms with Crippen molar-refractivity contribution in [1.29, 1.82) is 0 Å². The monoisotopic (exact) mass is 503 g/mol. The van der Waals surface area contributed by atoms with Crippen molar-refractivity contribution in [2.24, 2.45) is 0 Å². The molecule has 0 amide bonds. The first-order chi connectivity index (χ1) is 18.3. The highest BCUT2D eigenvalue weighted by atomic mass is 31.2. The van der Waals surface area contributed by atoms with Crippen LogP contribution in [0.15, 0.2) is 84.9 Å². The van der Waals surface area contributed by atoms with Crippen LogP contribution in [0.4, 0.5) is 5.69 Å². The van der Waals surface area contributed by atoms with Crippen molar-refractivity contribution in [3.8, 4) is 0 Å². The van der Waals surface area contributed by atoms with E-state index in [1.807, 2.05) is 0 Å². The third-order valence-corrected chi connectivity index (χ3v) is 9.43. The molecule has 184 valence electrons. The molecule has 6 aromatic rings. The minimum Gasteiger partial charge on any atom is -0.318 e. The van der Waals surface area contributed by atoms with E-state index in [9.17, 15) is 0 Å². The molecular formula is C33H30NO2P. The lowest BCUT2D eigenvalue weighted by Gasteiger charge is -2.36. The normalized spacial score (nSPS) is 14.0. The maximum Gasteiger partial charge on any atom is 0.289 e. The highest BCUT2D eigenvalue weighted by molar-refractivity contribution is 7.49. The molecule has 4 heteroatoms. The predicted molar refractivity (Wildman–Crippen MR) is 160 cm³/mol. The van der Waals surface area contributed by atoms with Crippen LogP contribution in [0.1, 0.15) is 25.8 Å². The van der Waals surface area contributed by atoms with Crippen molar-refractivity contribution in [2.75, 3.05) is 24.4 Å². The quantitative estimate of drug-likeness (QED) is 0.173. The molecule has 0 unspecified atom stereocenters. The van der Waals surface area contributed by atoms with Crippen molar-refractivity contribution in [3.63, 3.8) is 0 Å². The second kappa shape index (κ2) is 9.26. The molecule has 0 saturated carbocycles. The highest BCUT2D eigenvalue weighted by Crippen LogP contribution is 2.53. The first-order valence-corrected chi connectivity index (χ1v) is 14.5. The van der Waals surface area contributed by atoms with E-state index in [2.05, 4.69) is 103 Å². The van der Waals surface area contributed by atoms with Gasteiger partial charge in [-0.3, -0.25) is 0 Å². The summed E-state index contributed by atoms with van der Waals surface area (Å²) in [4.78, 5) is 0. The lowest BCUT2D eigenvalue weighted by Crippen LogP contribution is -2.26. The van der Waals surface area contributed by atoms with E-state index >= 15 is 0 Å². The summed E-state index contributed by atoms with van der Waals surface area (Å²) >= 11 is 0. The Balaban J connectivity index is 1.70. The summed E-state index contributed by atoms with van der Waals surface area (Å²) in [6.07, 6.45) is 2.19. The second-order valence-corrected chi connectivity index (χ2v) is 11.2. The Hall–Kier alpha value is -3.23. The highest BCUT2D eigenvalue weighted by Gasteiger charge is 2.29. The van der Waals surface area contributed by atoms with E-state index in [0.717, 1.165) is 19.4 Å². The number of anilines is 1. The number of aryl methyl sites for hydroxylation is 1. The summed E-state index contributed by atoms with van der Waals surface area (Å²) in [7, 11) is -1.17. The van der Waals surface area contributed by atoms with Crippen LogP contribution in [-0.2, 0) is 15.5 Å². The molecule has 0 fully saturated rings. The number of hydrogen-bond donors (Lipinski definition) is 0. The van der Waals surface area contributed by atoms with E-state index in [1.54, 1.807) is 0 Å². The zero-order valence-electron chi connectivity index (χ0n) is 21.3. The molecule has 0 N–H and O–H groups in total. The maximum absolute atomic E-state index is 6.22. The van der Waals surface area contributed by atoms with Gasteiger partial charge in [-0.05, 0) is 75.3 Å². The van der Waals surface area contributed by atoms with Gasteiger partial charge in [-0.15, -0.1) is 0 Å². The molecule has 0 aromatic heterocycles. The van der Waals surface area contributed by atoms with Gasteiger partial charge in [0.15, 0.2) is 0 Å². The molecule has 0 spiro atoms. The summed E-state index contributed by atoms with van der Waals surface area (Å²) in [5.41, 5.74) is 2.69. The number of fused-ring (bicyclic) bond motifs is 12. The Labute approximate surface area is 218 Å². The first-order valence-electron chi connectivity index (χ1n) is 13.3. The van der Waals surface area contributed by atoms with Crippen LogP contribution in [0.25, 0.3) is 53.9 Å². The molecule has 0 saturated heterocycles. The zero-order chi connectivity index (χ0) is 24.9. The summed E-state index contributed by atoms with van der Waals surface area (Å²) in [6, 6.07) is 31.5. The van der Waals surface area contributed by atoms with E-state index in [1.165, 1.54) is 65.1 Å². The Bertz CT molecular complexity index is 1770. The molecule has 3 nitrogen and oxygen atoms in total. The van der Waals surface area contributed by atoms with Gasteiger partial charge in [-0.1, -0.05) is 84.9 Å². The average Bonchev–Trinajstić information content (AvgIpc) is 2.96. The minimum absolute atomic E-state index is 0.641. The largest absolute Gasteiger partial charge is 0.318 e. The second-order valence-electron chi connectivity index (χ2n) is 9.71. The van der Waals surface area contributed by atoms with Crippen LogP contribution >= 0.6 is 8.53 Å². The van der Waals surface area contributed by atoms with E-state index < -0.39 is 8.53 Å². The average molecular weight is 504 g/mol. The van der Waals surface area contributed by atoms with Gasteiger partial charge in [0.1, 0.15) is 0 Å². The topological polar surface area (TPSA) is 21.7 Å². The van der Waals surface area contributed by atoms with Gasteiger partial charge in [-0.2, -0.15) is 0 Å². The van der Waals surface area contributed by atoms with Crippen LogP contribution in [0.5, 0.6) is 0 Å². The summed E-state index contributed by atoms with van der Waals surface area (Å²) in [6.45, 7) is 6.35. The Kier molecular flexibility index (Phi) is 5.74. The standard InChI is InChI=1S/C33H30NO2P/c1-3-35-37(36-4-2)34-21-9-10-24-18-17-23-16-15-22-19-20-29-27-13-6-5-11-25(27)26-12-7-8-14-28(26)32(29)30(22)31(23)33(24)34/h5-8,11-20H,3-4,9-10,21H2,1-2H3. The van der Waals surface area contributed by atoms with Gasteiger partial charge in [0.25, 0.3) is 8.53 Å². The smallest absolute Gasteiger partial charge is 0.289 e. The van der Waals surface area contributed by atoms with Crippen LogP contribution in [-0.4, -0.2) is 19.8 Å². The third-order valence-electron chi connectivity index (χ3n) is 7.68. The van der Waals surface area contributed by atoms with Gasteiger partial charge in [0.2, 0.25) is 0 Å². The maximum atomic E-state index is 6.22. The third kappa shape index (κ3) is 3.53. The Morgan fingerprint density at radius 3 is 1.84 bits per heavy atom. The van der Waals surface area contributed by atoms with Crippen molar-refractivity contribution in [3.05, 3.63) is 90.5 Å². The SMILES string of the molecule is CCOP(OCC)N1CCCc2ccc3ccc4ccc5c6ccccc6c6ccccc6c5c4c3c21. The van der Waals surface area contributed by atoms with Crippen LogP contribution in [0, 0.1) is 0 Å². The number of hydrogen-bond acceptors (Lipinski definition) is 3. The number of nitrogens with zero attached hydrogens (tertiary/aromatic N) is 1. The molecular weight excluding hydrogens is 473 g/mol. The summed E-state index contributed by atoms with van der Waals surface area (Å²) in [5.74, 6) is 0. The lowest BCUT2D eigenvalue weighted by atomic mass is 9.87. The van der Waals surface area contributed by atoms with Crippen LogP contribution in [0.3, 0.4) is 0 Å². The van der Waals surface area contributed by atoms with E-state index in [-0.39, 0.29) is 0 Å². The molecule has 1 aliphatic heterocycles. The number of benzene rings is 6. The number of rotatable bonds is 5. The van der Waals surface area contributed by atoms with Crippen molar-refractivity contribution in [1.82, 2.24) is 0 Å². The lowest BCUT2D eigenvalue weighted by molar-refractivity contribution is 0.266. The predicted octanol–water partition coefficient (Wildman–Crippen LogP) is 9.51. The Morgan fingerprint density at radius 1 is 0.622 bits per heavy atom. The first kappa shape index (κ1) is 22.9. The van der Waals surface area contributed by atoms with Gasteiger partial charge in [0.05, 0.1) is 18.9 Å². The molecule has 6 aromatic carbocycles. The van der Waals surface area contributed by atoms with E-state index in [0.29, 0.717) is 13.2 Å². The molecule has 0 atom stereocenters. The van der Waals surface area contributed by atoms with Crippen molar-refractivity contribution < 1.29 is 9.05 Å². The Morgan fingerprint density at radius 2 is 1.16 bits per heavy atom. The fraction of sp³-hybridized carbons (Fsp3) is 0.212. The molecule has 0 bridgehead atoms. The van der Waals surface area contributed by atoms with Gasteiger partial charge in [0, 0.05) is 17.3 Å². The van der Waals surface area contributed by atoms with Gasteiger partial charge < -0.3 is 13.7 Å². The molecule has 1 heterocycles. The molecule has 0 aliphatic carbocycles.